The molecule has 0 saturated heterocycles. The minimum absolute atomic E-state index is 1.66. The van der Waals surface area contributed by atoms with Gasteiger partial charge in [0.15, 0.2) is 6.67 Å². The summed E-state index contributed by atoms with van der Waals surface area (Å²) in [5, 5.41) is 9.19. The molecule has 0 rings (SSSR count). The summed E-state index contributed by atoms with van der Waals surface area (Å²) in [4.78, 5) is 0. The minimum Gasteiger partial charge on any atom is -0.244 e. The molecule has 0 bridgehead atoms. The van der Waals surface area contributed by atoms with E-state index in [1.807, 2.05) is 0 Å². The Hall–Kier alpha value is -0.250. The summed E-state index contributed by atoms with van der Waals surface area (Å²) in [5.74, 6) is -3.64. The van der Waals surface area contributed by atoms with Crippen molar-refractivity contribution in [3.63, 3.8) is 0 Å². The highest BCUT2D eigenvalue weighted by atomic mass is 19.3. The first-order chi connectivity index (χ1) is 3.12. The Bertz CT molecular complexity index is 48.1. The minimum atomic E-state index is -3.64. The topological polar surface area (TPSA) is 19.9 Å². The molecular weight excluding hydrogens is 109 g/mol. The molecule has 7 heavy (non-hydrogen) atoms. The summed E-state index contributed by atoms with van der Waals surface area (Å²) in [5.41, 5.74) is 0. The molecule has 43 valence electrons. The van der Waals surface area contributed by atoms with E-state index >= 15 is 0 Å². The lowest BCUT2D eigenvalue weighted by Gasteiger charge is -2.03. The van der Waals surface area contributed by atoms with Crippen LogP contribution in [0.2, 0.25) is 0 Å². The molecular formula is C3H4F3O. The number of hydrogen-bond acceptors (Lipinski definition) is 0. The molecule has 0 spiro atoms. The Morgan fingerprint density at radius 2 is 1.86 bits per heavy atom. The van der Waals surface area contributed by atoms with Crippen LogP contribution in [0, 0.1) is 0 Å². The van der Waals surface area contributed by atoms with Gasteiger partial charge in [0.05, 0.1) is 0 Å². The second kappa shape index (κ2) is 2.16. The number of halogens is 3. The first-order valence-electron chi connectivity index (χ1n) is 1.64. The summed E-state index contributed by atoms with van der Waals surface area (Å²) in [6.45, 7) is -3.51. The molecule has 0 aromatic heterocycles. The standard InChI is InChI=1S/C3H4F3O/c4-1-3(5,6)2-7/h1-2H2. The largest absolute Gasteiger partial charge is 0.301 e. The van der Waals surface area contributed by atoms with Crippen molar-refractivity contribution in [1.82, 2.24) is 0 Å². The molecule has 1 nitrogen and oxygen atoms in total. The summed E-state index contributed by atoms with van der Waals surface area (Å²) in [7, 11) is 0. The quantitative estimate of drug-likeness (QED) is 0.509. The van der Waals surface area contributed by atoms with Crippen LogP contribution in [0.1, 0.15) is 0 Å². The third-order valence-electron chi connectivity index (χ3n) is 0.407. The Labute approximate surface area is 38.8 Å². The lowest BCUT2D eigenvalue weighted by molar-refractivity contribution is -0.0864. The zero-order valence-electron chi connectivity index (χ0n) is 3.46. The maximum atomic E-state index is 11.2. The Morgan fingerprint density at radius 1 is 1.43 bits per heavy atom. The predicted molar refractivity (Wildman–Crippen MR) is 16.5 cm³/mol. The summed E-state index contributed by atoms with van der Waals surface area (Å²) in [6, 6.07) is 0. The highest BCUT2D eigenvalue weighted by Crippen LogP contribution is 2.11. The van der Waals surface area contributed by atoms with Gasteiger partial charge >= 0.3 is 5.92 Å². The molecule has 0 saturated carbocycles. The van der Waals surface area contributed by atoms with Crippen LogP contribution in [0.3, 0.4) is 0 Å². The van der Waals surface area contributed by atoms with Gasteiger partial charge in [0.25, 0.3) is 0 Å². The molecule has 0 aromatic carbocycles. The SMILES string of the molecule is [O]CC(F)(F)CF. The van der Waals surface area contributed by atoms with Crippen molar-refractivity contribution in [1.29, 1.82) is 0 Å². The lowest BCUT2D eigenvalue weighted by Crippen LogP contribution is -2.22. The van der Waals surface area contributed by atoms with E-state index in [2.05, 4.69) is 0 Å². The van der Waals surface area contributed by atoms with Crippen LogP contribution < -0.4 is 0 Å². The molecule has 0 amide bonds. The van der Waals surface area contributed by atoms with Crippen molar-refractivity contribution < 1.29 is 18.3 Å². The maximum Gasteiger partial charge on any atom is 0.301 e. The van der Waals surface area contributed by atoms with E-state index in [-0.39, 0.29) is 0 Å². The average molecular weight is 113 g/mol. The van der Waals surface area contributed by atoms with E-state index in [0.717, 1.165) is 0 Å². The van der Waals surface area contributed by atoms with Gasteiger partial charge in [-0.05, 0) is 0 Å². The van der Waals surface area contributed by atoms with Gasteiger partial charge < -0.3 is 0 Å². The number of hydrogen-bond donors (Lipinski definition) is 0. The van der Waals surface area contributed by atoms with Crippen molar-refractivity contribution in [3.8, 4) is 0 Å². The van der Waals surface area contributed by atoms with E-state index in [1.54, 1.807) is 0 Å². The van der Waals surface area contributed by atoms with E-state index in [0.29, 0.717) is 0 Å². The van der Waals surface area contributed by atoms with E-state index in [9.17, 15) is 18.3 Å². The van der Waals surface area contributed by atoms with Crippen molar-refractivity contribution in [2.45, 2.75) is 5.92 Å². The molecule has 0 aliphatic heterocycles. The smallest absolute Gasteiger partial charge is 0.244 e. The van der Waals surface area contributed by atoms with Gasteiger partial charge in [-0.25, -0.2) is 18.3 Å². The van der Waals surface area contributed by atoms with Gasteiger partial charge in [0.2, 0.25) is 0 Å². The molecule has 0 fully saturated rings. The summed E-state index contributed by atoms with van der Waals surface area (Å²) < 4.78 is 33.2. The zero-order valence-corrected chi connectivity index (χ0v) is 3.46. The van der Waals surface area contributed by atoms with Gasteiger partial charge in [0, 0.05) is 0 Å². The average Bonchev–Trinajstić information content (AvgIpc) is 1.68. The summed E-state index contributed by atoms with van der Waals surface area (Å²) >= 11 is 0. The molecule has 0 atom stereocenters. The number of alkyl halides is 3. The van der Waals surface area contributed by atoms with E-state index < -0.39 is 19.2 Å². The van der Waals surface area contributed by atoms with E-state index in [1.165, 1.54) is 0 Å². The third kappa shape index (κ3) is 2.45. The van der Waals surface area contributed by atoms with Gasteiger partial charge in [0.1, 0.15) is 6.61 Å². The molecule has 0 aliphatic carbocycles. The maximum absolute atomic E-state index is 11.2. The summed E-state index contributed by atoms with van der Waals surface area (Å²) in [6.07, 6.45) is 0. The van der Waals surface area contributed by atoms with Gasteiger partial charge in [-0.3, -0.25) is 0 Å². The van der Waals surface area contributed by atoms with Gasteiger partial charge in [-0.2, -0.15) is 0 Å². The van der Waals surface area contributed by atoms with Crippen LogP contribution in [0.25, 0.3) is 0 Å². The van der Waals surface area contributed by atoms with Crippen LogP contribution in [0.4, 0.5) is 13.2 Å². The second-order valence-electron chi connectivity index (χ2n) is 1.13. The zero-order chi connectivity index (χ0) is 5.91. The van der Waals surface area contributed by atoms with Crippen molar-refractivity contribution in [2.24, 2.45) is 0 Å². The second-order valence-corrected chi connectivity index (χ2v) is 1.13. The fraction of sp³-hybridized carbons (Fsp3) is 1.00. The Kier molecular flexibility index (Phi) is 2.08. The predicted octanol–water partition coefficient (Wildman–Crippen LogP) is 1.02. The molecule has 0 aromatic rings. The van der Waals surface area contributed by atoms with Crippen LogP contribution in [-0.2, 0) is 5.11 Å². The van der Waals surface area contributed by atoms with Gasteiger partial charge in [-0.1, -0.05) is 0 Å². The van der Waals surface area contributed by atoms with Crippen LogP contribution in [0.5, 0.6) is 0 Å². The third-order valence-corrected chi connectivity index (χ3v) is 0.407. The normalized spacial score (nSPS) is 12.0. The molecule has 0 N–H and O–H groups in total. The fourth-order valence-electron chi connectivity index (χ4n) is 0.0386. The van der Waals surface area contributed by atoms with Crippen molar-refractivity contribution in [3.05, 3.63) is 0 Å². The molecule has 0 aliphatic rings. The highest BCUT2D eigenvalue weighted by Gasteiger charge is 2.27. The monoisotopic (exact) mass is 113 g/mol. The van der Waals surface area contributed by atoms with Crippen molar-refractivity contribution in [2.75, 3.05) is 13.3 Å². The molecule has 0 unspecified atom stereocenters. The molecule has 0 heterocycles. The first kappa shape index (κ1) is 6.75. The Balaban J connectivity index is 3.36. The Morgan fingerprint density at radius 3 is 1.86 bits per heavy atom. The van der Waals surface area contributed by atoms with Gasteiger partial charge in [-0.15, -0.1) is 0 Å². The fourth-order valence-corrected chi connectivity index (χ4v) is 0.0386. The van der Waals surface area contributed by atoms with Crippen LogP contribution in [0.15, 0.2) is 0 Å². The first-order valence-corrected chi connectivity index (χ1v) is 1.64. The van der Waals surface area contributed by atoms with Crippen LogP contribution >= 0.6 is 0 Å². The lowest BCUT2D eigenvalue weighted by atomic mass is 10.4. The molecule has 1 radical (unpaired) electrons. The van der Waals surface area contributed by atoms with Crippen LogP contribution in [-0.4, -0.2) is 19.2 Å². The number of rotatable bonds is 2. The van der Waals surface area contributed by atoms with Crippen molar-refractivity contribution >= 4 is 0 Å². The molecule has 4 heteroatoms. The van der Waals surface area contributed by atoms with E-state index in [4.69, 9.17) is 0 Å². The highest BCUT2D eigenvalue weighted by molar-refractivity contribution is 4.59.